The quantitative estimate of drug-likeness (QED) is 0.720. The van der Waals surface area contributed by atoms with Crippen molar-refractivity contribution in [3.05, 3.63) is 59.7 Å². The maximum Gasteiger partial charge on any atom is 0.134 e. The van der Waals surface area contributed by atoms with E-state index in [1.54, 1.807) is 0 Å². The van der Waals surface area contributed by atoms with Crippen LogP contribution in [0.1, 0.15) is 24.0 Å². The summed E-state index contributed by atoms with van der Waals surface area (Å²) in [7, 11) is 0. The molecule has 6 nitrogen and oxygen atoms in total. The van der Waals surface area contributed by atoms with Crippen LogP contribution in [0.5, 0.6) is 5.75 Å². The van der Waals surface area contributed by atoms with Gasteiger partial charge in [0.2, 0.25) is 0 Å². The Labute approximate surface area is 191 Å². The van der Waals surface area contributed by atoms with Crippen molar-refractivity contribution in [2.45, 2.75) is 37.9 Å². The van der Waals surface area contributed by atoms with Gasteiger partial charge in [-0.25, -0.2) is 0 Å². The van der Waals surface area contributed by atoms with E-state index in [0.29, 0.717) is 39.1 Å². The first-order valence-electron chi connectivity index (χ1n) is 11.6. The highest BCUT2D eigenvalue weighted by atomic mass is 16.5. The molecule has 0 aromatic heterocycles. The molecule has 0 unspecified atom stereocenters. The fraction of sp³-hybridized carbons (Fsp3) is 0.538. The number of piperidine rings is 1. The van der Waals surface area contributed by atoms with Gasteiger partial charge in [0, 0.05) is 38.4 Å². The van der Waals surface area contributed by atoms with Crippen LogP contribution in [-0.4, -0.2) is 78.9 Å². The minimum absolute atomic E-state index is 0.161. The largest absolute Gasteiger partial charge is 0.490 e. The summed E-state index contributed by atoms with van der Waals surface area (Å²) >= 11 is 0. The Morgan fingerprint density at radius 2 is 1.59 bits per heavy atom. The molecule has 6 heteroatoms. The predicted octanol–water partition coefficient (Wildman–Crippen LogP) is 2.78. The van der Waals surface area contributed by atoms with Crippen molar-refractivity contribution in [3.8, 4) is 5.75 Å². The van der Waals surface area contributed by atoms with E-state index in [-0.39, 0.29) is 13.2 Å². The molecule has 0 bridgehead atoms. The van der Waals surface area contributed by atoms with Crippen LogP contribution in [0.15, 0.2) is 48.5 Å². The van der Waals surface area contributed by atoms with Gasteiger partial charge in [0.15, 0.2) is 0 Å². The van der Waals surface area contributed by atoms with Gasteiger partial charge in [-0.05, 0) is 49.9 Å². The summed E-state index contributed by atoms with van der Waals surface area (Å²) in [4.78, 5) is 4.50. The average molecular weight is 441 g/mol. The van der Waals surface area contributed by atoms with Crippen molar-refractivity contribution in [2.24, 2.45) is 0 Å². The molecule has 2 aromatic rings. The number of benzene rings is 2. The van der Waals surface area contributed by atoms with E-state index in [2.05, 4.69) is 41.0 Å². The summed E-state index contributed by atoms with van der Waals surface area (Å²) in [6.07, 6.45) is 1.41. The van der Waals surface area contributed by atoms with Crippen LogP contribution in [0, 0.1) is 13.8 Å². The van der Waals surface area contributed by atoms with Crippen LogP contribution in [0.2, 0.25) is 0 Å². The Morgan fingerprint density at radius 3 is 2.31 bits per heavy atom. The average Bonchev–Trinajstić information content (AvgIpc) is 2.95. The van der Waals surface area contributed by atoms with Crippen molar-refractivity contribution in [1.82, 2.24) is 4.90 Å². The fourth-order valence-corrected chi connectivity index (χ4v) is 4.81. The molecule has 2 aromatic carbocycles. The van der Waals surface area contributed by atoms with Gasteiger partial charge in [-0.3, -0.25) is 4.90 Å². The number of ether oxygens (including phenoxy) is 2. The Morgan fingerprint density at radius 1 is 0.906 bits per heavy atom. The van der Waals surface area contributed by atoms with Gasteiger partial charge in [0.05, 0.1) is 18.8 Å². The molecule has 0 spiro atoms. The summed E-state index contributed by atoms with van der Waals surface area (Å²) in [5.74, 6) is 0.777. The molecular formula is C26H36N2O4. The van der Waals surface area contributed by atoms with Gasteiger partial charge in [-0.2, -0.15) is 0 Å². The molecule has 2 N–H and O–H groups in total. The smallest absolute Gasteiger partial charge is 0.134 e. The lowest BCUT2D eigenvalue weighted by molar-refractivity contribution is -0.0743. The number of hydrogen-bond acceptors (Lipinski definition) is 6. The van der Waals surface area contributed by atoms with Crippen LogP contribution >= 0.6 is 0 Å². The summed E-state index contributed by atoms with van der Waals surface area (Å²) in [6.45, 7) is 8.35. The van der Waals surface area contributed by atoms with E-state index in [1.165, 1.54) is 11.3 Å². The van der Waals surface area contributed by atoms with Crippen LogP contribution < -0.4 is 9.64 Å². The van der Waals surface area contributed by atoms with Crippen molar-refractivity contribution in [2.75, 3.05) is 57.4 Å². The zero-order valence-corrected chi connectivity index (χ0v) is 19.3. The van der Waals surface area contributed by atoms with Crippen LogP contribution in [-0.2, 0) is 4.74 Å². The van der Waals surface area contributed by atoms with Gasteiger partial charge in [-0.15, -0.1) is 0 Å². The number of nitrogens with zero attached hydrogens (tertiary/aromatic N) is 2. The molecule has 2 fully saturated rings. The molecule has 1 atom stereocenters. The van der Waals surface area contributed by atoms with E-state index < -0.39 is 11.2 Å². The normalized spacial score (nSPS) is 24.2. The number of para-hydroxylation sites is 2. The van der Waals surface area contributed by atoms with Gasteiger partial charge in [0.25, 0.3) is 0 Å². The van der Waals surface area contributed by atoms with Crippen molar-refractivity contribution < 1.29 is 19.7 Å². The first-order valence-corrected chi connectivity index (χ1v) is 11.6. The first kappa shape index (κ1) is 23.1. The van der Waals surface area contributed by atoms with Gasteiger partial charge in [0.1, 0.15) is 18.0 Å². The molecule has 2 aliphatic rings. The third-order valence-corrected chi connectivity index (χ3v) is 6.70. The van der Waals surface area contributed by atoms with Crippen molar-refractivity contribution >= 4 is 5.69 Å². The number of β-amino-alcohol motifs (C(OH)–C–C–N with tert-alkyl or cyclic N) is 2. The zero-order chi connectivity index (χ0) is 22.6. The van der Waals surface area contributed by atoms with Crippen molar-refractivity contribution in [1.29, 1.82) is 0 Å². The predicted molar refractivity (Wildman–Crippen MR) is 126 cm³/mol. The lowest BCUT2D eigenvalue weighted by Crippen LogP contribution is -2.55. The maximum absolute atomic E-state index is 11.3. The Balaban J connectivity index is 1.35. The molecule has 4 rings (SSSR count). The lowest BCUT2D eigenvalue weighted by Gasteiger charge is -2.42. The summed E-state index contributed by atoms with van der Waals surface area (Å²) in [5.41, 5.74) is 1.68. The third-order valence-electron chi connectivity index (χ3n) is 6.70. The molecular weight excluding hydrogens is 404 g/mol. The molecule has 0 amide bonds. The van der Waals surface area contributed by atoms with E-state index in [9.17, 15) is 10.2 Å². The first-order chi connectivity index (χ1) is 15.4. The fourth-order valence-electron chi connectivity index (χ4n) is 4.81. The lowest BCUT2D eigenvalue weighted by atomic mass is 9.89. The maximum atomic E-state index is 11.3. The summed E-state index contributed by atoms with van der Waals surface area (Å²) < 4.78 is 11.7. The van der Waals surface area contributed by atoms with E-state index in [4.69, 9.17) is 9.47 Å². The zero-order valence-electron chi connectivity index (χ0n) is 19.3. The van der Waals surface area contributed by atoms with Crippen molar-refractivity contribution in [3.63, 3.8) is 0 Å². The molecule has 0 radical (unpaired) electrons. The molecule has 0 aliphatic carbocycles. The summed E-state index contributed by atoms with van der Waals surface area (Å²) in [5, 5.41) is 22.6. The third kappa shape index (κ3) is 5.62. The molecule has 174 valence electrons. The standard InChI is InChI=1S/C26H36N2O4/c1-21-7-3-5-9-23(21)28-13-11-25(29,12-14-28)17-27-15-16-31-19-26(30,18-27)20-32-24-10-6-4-8-22(24)2/h3-10,29-30H,11-20H2,1-2H3/t26-/m1/s1. The number of hydrogen-bond donors (Lipinski definition) is 2. The Kier molecular flexibility index (Phi) is 7.05. The molecule has 0 saturated carbocycles. The minimum atomic E-state index is -1.11. The monoisotopic (exact) mass is 440 g/mol. The van der Waals surface area contributed by atoms with E-state index in [1.807, 2.05) is 31.2 Å². The second-order valence-corrected chi connectivity index (χ2v) is 9.54. The Hall–Kier alpha value is -2.12. The highest BCUT2D eigenvalue weighted by Crippen LogP contribution is 2.30. The minimum Gasteiger partial charge on any atom is -0.490 e. The van der Waals surface area contributed by atoms with Gasteiger partial charge < -0.3 is 24.6 Å². The van der Waals surface area contributed by atoms with E-state index >= 15 is 0 Å². The SMILES string of the molecule is Cc1ccccc1OC[C@]1(O)COCCN(CC2(O)CCN(c3ccccc3C)CC2)C1. The van der Waals surface area contributed by atoms with Crippen LogP contribution in [0.25, 0.3) is 0 Å². The highest BCUT2D eigenvalue weighted by molar-refractivity contribution is 5.53. The molecule has 2 aliphatic heterocycles. The number of anilines is 1. The second kappa shape index (κ2) is 9.79. The highest BCUT2D eigenvalue weighted by Gasteiger charge is 2.39. The number of rotatable bonds is 6. The molecule has 2 heterocycles. The molecule has 2 saturated heterocycles. The molecule has 32 heavy (non-hydrogen) atoms. The Bertz CT molecular complexity index is 897. The topological polar surface area (TPSA) is 65.4 Å². The number of aliphatic hydroxyl groups is 2. The summed E-state index contributed by atoms with van der Waals surface area (Å²) in [6, 6.07) is 16.2. The second-order valence-electron chi connectivity index (χ2n) is 9.54. The van der Waals surface area contributed by atoms with Gasteiger partial charge >= 0.3 is 0 Å². The van der Waals surface area contributed by atoms with E-state index in [0.717, 1.165) is 24.4 Å². The van der Waals surface area contributed by atoms with Gasteiger partial charge in [-0.1, -0.05) is 36.4 Å². The van der Waals surface area contributed by atoms with Crippen LogP contribution in [0.4, 0.5) is 5.69 Å². The van der Waals surface area contributed by atoms with Crippen LogP contribution in [0.3, 0.4) is 0 Å². The number of aryl methyl sites for hydroxylation is 2.